The standard InChI is InChI=1S/C41H37N3O5S/c1-27-35(26-50-41-44-36(30-9-4-2-5-10-30)38(49-41)31-11-6-3-7-12-31)47-40(48-37(27)32-18-16-29(25-45)17-19-32)33-20-14-28(15-21-33)23-43-39(46)34-13-8-22-42-24-34/h2-22,24,27,35,37,40,45H,23,25-26H2,1H3,(H,43,46). The molecule has 7 rings (SSSR count). The summed E-state index contributed by atoms with van der Waals surface area (Å²) in [6.07, 6.45) is 2.11. The highest BCUT2D eigenvalue weighted by molar-refractivity contribution is 7.99. The Balaban J connectivity index is 1.11. The molecule has 2 N–H and O–H groups in total. The molecule has 252 valence electrons. The number of nitrogens with zero attached hydrogens (tertiary/aromatic N) is 2. The van der Waals surface area contributed by atoms with E-state index in [0.717, 1.165) is 44.8 Å². The van der Waals surface area contributed by atoms with Crippen molar-refractivity contribution in [2.45, 2.75) is 43.8 Å². The number of nitrogens with one attached hydrogen (secondary N) is 1. The summed E-state index contributed by atoms with van der Waals surface area (Å²) in [5.74, 6) is 1.14. The van der Waals surface area contributed by atoms with Gasteiger partial charge in [0.1, 0.15) is 5.69 Å². The molecule has 4 unspecified atom stereocenters. The molecule has 0 saturated carbocycles. The number of oxazole rings is 1. The summed E-state index contributed by atoms with van der Waals surface area (Å²) in [5, 5.41) is 13.1. The quantitative estimate of drug-likeness (QED) is 0.131. The molecule has 3 heterocycles. The van der Waals surface area contributed by atoms with Gasteiger partial charge in [-0.2, -0.15) is 0 Å². The molecule has 9 heteroatoms. The highest BCUT2D eigenvalue weighted by atomic mass is 32.2. The zero-order valence-corrected chi connectivity index (χ0v) is 28.3. The van der Waals surface area contributed by atoms with Crippen molar-refractivity contribution in [3.63, 3.8) is 0 Å². The van der Waals surface area contributed by atoms with Crippen LogP contribution in [0.3, 0.4) is 0 Å². The maximum atomic E-state index is 12.5. The number of amides is 1. The molecule has 4 atom stereocenters. The first-order valence-electron chi connectivity index (χ1n) is 16.6. The second-order valence-electron chi connectivity index (χ2n) is 12.2. The molecule has 1 saturated heterocycles. The maximum absolute atomic E-state index is 12.5. The van der Waals surface area contributed by atoms with E-state index in [9.17, 15) is 9.90 Å². The molecular formula is C41H37N3O5S. The molecule has 2 aromatic heterocycles. The van der Waals surface area contributed by atoms with Crippen LogP contribution in [0.15, 0.2) is 143 Å². The van der Waals surface area contributed by atoms with Crippen LogP contribution in [0, 0.1) is 5.92 Å². The predicted molar refractivity (Wildman–Crippen MR) is 193 cm³/mol. The number of carbonyl (C=O) groups is 1. The molecule has 1 fully saturated rings. The third-order valence-corrected chi connectivity index (χ3v) is 9.73. The summed E-state index contributed by atoms with van der Waals surface area (Å²) in [4.78, 5) is 21.5. The van der Waals surface area contributed by atoms with Crippen molar-refractivity contribution >= 4 is 17.7 Å². The van der Waals surface area contributed by atoms with Gasteiger partial charge in [-0.15, -0.1) is 0 Å². The van der Waals surface area contributed by atoms with Crippen LogP contribution in [0.5, 0.6) is 0 Å². The Morgan fingerprint density at radius 2 is 1.48 bits per heavy atom. The van der Waals surface area contributed by atoms with E-state index in [-0.39, 0.29) is 30.6 Å². The van der Waals surface area contributed by atoms with E-state index >= 15 is 0 Å². The van der Waals surface area contributed by atoms with Gasteiger partial charge in [0.15, 0.2) is 12.1 Å². The topological polar surface area (TPSA) is 107 Å². The summed E-state index contributed by atoms with van der Waals surface area (Å²) >= 11 is 1.53. The minimum absolute atomic E-state index is 0.00200. The van der Waals surface area contributed by atoms with Gasteiger partial charge in [0.05, 0.1) is 24.4 Å². The van der Waals surface area contributed by atoms with Crippen LogP contribution >= 0.6 is 11.8 Å². The number of benzene rings is 4. The molecule has 1 aliphatic heterocycles. The third kappa shape index (κ3) is 7.72. The average Bonchev–Trinajstić information content (AvgIpc) is 3.62. The summed E-state index contributed by atoms with van der Waals surface area (Å²) in [6.45, 7) is 2.50. The van der Waals surface area contributed by atoms with Gasteiger partial charge < -0.3 is 24.3 Å². The second-order valence-corrected chi connectivity index (χ2v) is 13.2. The van der Waals surface area contributed by atoms with E-state index in [4.69, 9.17) is 18.9 Å². The second kappa shape index (κ2) is 15.7. The Hall–Kier alpha value is -5.06. The van der Waals surface area contributed by atoms with Crippen LogP contribution in [-0.4, -0.2) is 32.8 Å². The molecule has 6 aromatic rings. The summed E-state index contributed by atoms with van der Waals surface area (Å²) in [5.41, 5.74) is 6.96. The lowest BCUT2D eigenvalue weighted by Crippen LogP contribution is -2.38. The molecule has 1 aliphatic rings. The van der Waals surface area contributed by atoms with E-state index in [2.05, 4.69) is 17.2 Å². The lowest BCUT2D eigenvalue weighted by atomic mass is 9.91. The van der Waals surface area contributed by atoms with E-state index in [1.807, 2.05) is 109 Å². The van der Waals surface area contributed by atoms with Gasteiger partial charge in [0, 0.05) is 47.3 Å². The highest BCUT2D eigenvalue weighted by Gasteiger charge is 2.38. The number of aliphatic hydroxyl groups excluding tert-OH is 1. The van der Waals surface area contributed by atoms with Crippen molar-refractivity contribution in [3.05, 3.63) is 162 Å². The lowest BCUT2D eigenvalue weighted by molar-refractivity contribution is -0.268. The van der Waals surface area contributed by atoms with Crippen molar-refractivity contribution < 1.29 is 23.8 Å². The molecule has 0 aliphatic carbocycles. The number of pyridine rings is 1. The molecule has 8 nitrogen and oxygen atoms in total. The summed E-state index contributed by atoms with van der Waals surface area (Å²) in [6, 6.07) is 39.4. The minimum Gasteiger partial charge on any atom is -0.431 e. The number of aromatic nitrogens is 2. The van der Waals surface area contributed by atoms with Gasteiger partial charge in [-0.1, -0.05) is 128 Å². The summed E-state index contributed by atoms with van der Waals surface area (Å²) in [7, 11) is 0. The van der Waals surface area contributed by atoms with E-state index in [1.165, 1.54) is 11.8 Å². The van der Waals surface area contributed by atoms with Crippen molar-refractivity contribution in [2.24, 2.45) is 5.92 Å². The van der Waals surface area contributed by atoms with Crippen LogP contribution in [-0.2, 0) is 22.6 Å². The maximum Gasteiger partial charge on any atom is 0.256 e. The van der Waals surface area contributed by atoms with Crippen LogP contribution < -0.4 is 5.32 Å². The Morgan fingerprint density at radius 3 is 2.16 bits per heavy atom. The number of aliphatic hydroxyl groups is 1. The highest BCUT2D eigenvalue weighted by Crippen LogP contribution is 2.44. The van der Waals surface area contributed by atoms with Gasteiger partial charge in [0.2, 0.25) is 0 Å². The third-order valence-electron chi connectivity index (χ3n) is 8.81. The monoisotopic (exact) mass is 683 g/mol. The Kier molecular flexibility index (Phi) is 10.5. The molecule has 4 aromatic carbocycles. The number of hydrogen-bond acceptors (Lipinski definition) is 8. The molecule has 0 radical (unpaired) electrons. The molecule has 50 heavy (non-hydrogen) atoms. The van der Waals surface area contributed by atoms with Crippen molar-refractivity contribution in [2.75, 3.05) is 5.75 Å². The minimum atomic E-state index is -0.623. The van der Waals surface area contributed by atoms with Crippen LogP contribution in [0.4, 0.5) is 0 Å². The van der Waals surface area contributed by atoms with Crippen LogP contribution in [0.2, 0.25) is 0 Å². The lowest BCUT2D eigenvalue weighted by Gasteiger charge is -2.41. The number of rotatable bonds is 11. The Labute approximate surface area is 295 Å². The first kappa shape index (κ1) is 33.4. The van der Waals surface area contributed by atoms with Crippen molar-refractivity contribution in [3.8, 4) is 22.6 Å². The molecule has 1 amide bonds. The first-order valence-corrected chi connectivity index (χ1v) is 17.6. The first-order chi connectivity index (χ1) is 24.6. The molecule has 0 spiro atoms. The summed E-state index contributed by atoms with van der Waals surface area (Å²) < 4.78 is 19.7. The number of hydrogen-bond donors (Lipinski definition) is 2. The zero-order valence-electron chi connectivity index (χ0n) is 27.5. The number of ether oxygens (including phenoxy) is 2. The Morgan fingerprint density at radius 1 is 0.800 bits per heavy atom. The number of carbonyl (C=O) groups excluding carboxylic acids is 1. The molecule has 0 bridgehead atoms. The predicted octanol–water partition coefficient (Wildman–Crippen LogP) is 8.41. The van der Waals surface area contributed by atoms with E-state index in [1.54, 1.807) is 24.5 Å². The zero-order chi connectivity index (χ0) is 34.3. The van der Waals surface area contributed by atoms with Crippen LogP contribution in [0.1, 0.15) is 51.9 Å². The van der Waals surface area contributed by atoms with Crippen LogP contribution in [0.25, 0.3) is 22.6 Å². The Bertz CT molecular complexity index is 1930. The smallest absolute Gasteiger partial charge is 0.256 e. The van der Waals surface area contributed by atoms with E-state index in [0.29, 0.717) is 23.1 Å². The fraction of sp³-hybridized carbons (Fsp3) is 0.195. The van der Waals surface area contributed by atoms with Gasteiger partial charge in [-0.3, -0.25) is 9.78 Å². The normalized spacial score (nSPS) is 18.8. The number of thioether (sulfide) groups is 1. The fourth-order valence-electron chi connectivity index (χ4n) is 5.98. The largest absolute Gasteiger partial charge is 0.431 e. The van der Waals surface area contributed by atoms with Crippen molar-refractivity contribution in [1.82, 2.24) is 15.3 Å². The average molecular weight is 684 g/mol. The van der Waals surface area contributed by atoms with Crippen molar-refractivity contribution in [1.29, 1.82) is 0 Å². The van der Waals surface area contributed by atoms with Gasteiger partial charge in [-0.25, -0.2) is 4.98 Å². The van der Waals surface area contributed by atoms with Gasteiger partial charge in [-0.05, 0) is 28.8 Å². The van der Waals surface area contributed by atoms with E-state index < -0.39 is 6.29 Å². The fourth-order valence-corrected chi connectivity index (χ4v) is 6.96. The van der Waals surface area contributed by atoms with Gasteiger partial charge >= 0.3 is 0 Å². The molecular weight excluding hydrogens is 647 g/mol. The van der Waals surface area contributed by atoms with Gasteiger partial charge in [0.25, 0.3) is 11.1 Å². The SMILES string of the molecule is CC1C(CSc2nc(-c3ccccc3)c(-c3ccccc3)o2)OC(c2ccc(CNC(=O)c3cccnc3)cc2)OC1c1ccc(CO)cc1.